The van der Waals surface area contributed by atoms with Crippen molar-refractivity contribution in [1.82, 2.24) is 5.32 Å². The van der Waals surface area contributed by atoms with Gasteiger partial charge in [0, 0.05) is 6.04 Å². The van der Waals surface area contributed by atoms with Crippen molar-refractivity contribution in [2.24, 2.45) is 11.8 Å². The molecule has 16 heavy (non-hydrogen) atoms. The molecule has 2 rings (SSSR count). The molecule has 0 aliphatic heterocycles. The summed E-state index contributed by atoms with van der Waals surface area (Å²) in [6.07, 6.45) is 6.19. The van der Waals surface area contributed by atoms with Gasteiger partial charge in [-0.3, -0.25) is 10.1 Å². The van der Waals surface area contributed by atoms with E-state index in [0.717, 1.165) is 31.6 Å². The van der Waals surface area contributed by atoms with E-state index in [4.69, 9.17) is 0 Å². The van der Waals surface area contributed by atoms with Crippen molar-refractivity contribution in [2.75, 3.05) is 0 Å². The molecule has 0 amide bonds. The summed E-state index contributed by atoms with van der Waals surface area (Å²) in [5, 5.41) is 12.9. The summed E-state index contributed by atoms with van der Waals surface area (Å²) in [7, 11) is 0. The summed E-state index contributed by atoms with van der Waals surface area (Å²) in [5.74, 6) is 0.757. The van der Waals surface area contributed by atoms with Gasteiger partial charge < -0.3 is 5.11 Å². The maximum atomic E-state index is 11.5. The number of carbonyl (C=O) groups is 1. The van der Waals surface area contributed by atoms with Crippen LogP contribution in [0.2, 0.25) is 0 Å². The predicted octanol–water partition coefficient (Wildman–Crippen LogP) is 2.41. The first kappa shape index (κ1) is 11.9. The van der Waals surface area contributed by atoms with Crippen molar-refractivity contribution >= 4 is 5.97 Å². The van der Waals surface area contributed by atoms with Crippen molar-refractivity contribution in [1.29, 1.82) is 0 Å². The Morgan fingerprint density at radius 3 is 2.31 bits per heavy atom. The Hall–Kier alpha value is -0.570. The fraction of sp³-hybridized carbons (Fsp3) is 0.923. The molecule has 0 bridgehead atoms. The molecule has 2 aliphatic rings. The van der Waals surface area contributed by atoms with E-state index in [9.17, 15) is 9.90 Å². The fourth-order valence-electron chi connectivity index (χ4n) is 2.82. The summed E-state index contributed by atoms with van der Waals surface area (Å²) in [5.41, 5.74) is -0.630. The van der Waals surface area contributed by atoms with E-state index in [1.165, 1.54) is 12.8 Å². The lowest BCUT2D eigenvalue weighted by Gasteiger charge is -2.38. The van der Waals surface area contributed by atoms with Gasteiger partial charge in [0.25, 0.3) is 0 Å². The molecule has 0 saturated heterocycles. The van der Waals surface area contributed by atoms with Crippen LogP contribution >= 0.6 is 0 Å². The summed E-state index contributed by atoms with van der Waals surface area (Å²) in [6.45, 7) is 4.36. The van der Waals surface area contributed by atoms with E-state index in [2.05, 4.69) is 19.2 Å². The Labute approximate surface area is 97.6 Å². The smallest absolute Gasteiger partial charge is 0.323 e. The number of nitrogens with one attached hydrogen (secondary N) is 1. The molecular formula is C13H23NO2. The molecule has 0 aromatic carbocycles. The SMILES string of the molecule is CC1CCC(NC(C)C2CC2)(C(=O)O)CC1. The van der Waals surface area contributed by atoms with Crippen molar-refractivity contribution in [3.63, 3.8) is 0 Å². The highest BCUT2D eigenvalue weighted by Crippen LogP contribution is 2.37. The summed E-state index contributed by atoms with van der Waals surface area (Å²) in [6, 6.07) is 0.365. The van der Waals surface area contributed by atoms with Gasteiger partial charge >= 0.3 is 5.97 Å². The van der Waals surface area contributed by atoms with Crippen LogP contribution in [0.4, 0.5) is 0 Å². The zero-order valence-corrected chi connectivity index (χ0v) is 10.3. The van der Waals surface area contributed by atoms with Crippen molar-refractivity contribution in [3.05, 3.63) is 0 Å². The van der Waals surface area contributed by atoms with Gasteiger partial charge in [-0.25, -0.2) is 0 Å². The highest BCUT2D eigenvalue weighted by molar-refractivity contribution is 5.79. The number of rotatable bonds is 4. The van der Waals surface area contributed by atoms with Gasteiger partial charge in [0.1, 0.15) is 5.54 Å². The lowest BCUT2D eigenvalue weighted by Crippen LogP contribution is -2.57. The first-order chi connectivity index (χ1) is 7.53. The number of carboxylic acids is 1. The van der Waals surface area contributed by atoms with Gasteiger partial charge in [-0.05, 0) is 57.3 Å². The molecule has 1 unspecified atom stereocenters. The average molecular weight is 225 g/mol. The molecule has 0 spiro atoms. The van der Waals surface area contributed by atoms with E-state index in [0.29, 0.717) is 12.0 Å². The average Bonchev–Trinajstić information content (AvgIpc) is 3.04. The number of hydrogen-bond donors (Lipinski definition) is 2. The van der Waals surface area contributed by atoms with Crippen LogP contribution in [0.3, 0.4) is 0 Å². The lowest BCUT2D eigenvalue weighted by atomic mass is 9.76. The number of hydrogen-bond acceptors (Lipinski definition) is 2. The Kier molecular flexibility index (Phi) is 3.24. The van der Waals surface area contributed by atoms with Crippen LogP contribution in [0.5, 0.6) is 0 Å². The molecular weight excluding hydrogens is 202 g/mol. The second-order valence-electron chi connectivity index (χ2n) is 5.84. The summed E-state index contributed by atoms with van der Waals surface area (Å²) >= 11 is 0. The number of aliphatic carboxylic acids is 1. The van der Waals surface area contributed by atoms with E-state index >= 15 is 0 Å². The third-order valence-electron chi connectivity index (χ3n) is 4.37. The second kappa shape index (κ2) is 4.36. The molecule has 2 saturated carbocycles. The first-order valence-corrected chi connectivity index (χ1v) is 6.54. The quantitative estimate of drug-likeness (QED) is 0.772. The van der Waals surface area contributed by atoms with Crippen molar-refractivity contribution in [2.45, 2.75) is 64.0 Å². The molecule has 0 heterocycles. The number of carboxylic acid groups (broad SMARTS) is 1. The molecule has 2 fully saturated rings. The van der Waals surface area contributed by atoms with Crippen LogP contribution in [0.1, 0.15) is 52.4 Å². The predicted molar refractivity (Wildman–Crippen MR) is 63.3 cm³/mol. The minimum atomic E-state index is -0.646. The molecule has 2 aliphatic carbocycles. The van der Waals surface area contributed by atoms with Crippen LogP contribution in [0.15, 0.2) is 0 Å². The Morgan fingerprint density at radius 1 is 1.31 bits per heavy atom. The zero-order valence-electron chi connectivity index (χ0n) is 10.3. The lowest BCUT2D eigenvalue weighted by molar-refractivity contribution is -0.147. The van der Waals surface area contributed by atoms with Gasteiger partial charge in [0.2, 0.25) is 0 Å². The topological polar surface area (TPSA) is 49.3 Å². The van der Waals surface area contributed by atoms with Gasteiger partial charge in [0.15, 0.2) is 0 Å². The Morgan fingerprint density at radius 2 is 1.88 bits per heavy atom. The standard InChI is InChI=1S/C13H23NO2/c1-9-5-7-13(8-6-9,12(15)16)14-10(2)11-3-4-11/h9-11,14H,3-8H2,1-2H3,(H,15,16). The largest absolute Gasteiger partial charge is 0.480 e. The van der Waals surface area contributed by atoms with E-state index in [-0.39, 0.29) is 0 Å². The minimum Gasteiger partial charge on any atom is -0.480 e. The van der Waals surface area contributed by atoms with Crippen LogP contribution in [0, 0.1) is 11.8 Å². The maximum Gasteiger partial charge on any atom is 0.323 e. The monoisotopic (exact) mass is 225 g/mol. The van der Waals surface area contributed by atoms with Gasteiger partial charge in [-0.15, -0.1) is 0 Å². The van der Waals surface area contributed by atoms with Crippen LogP contribution in [0.25, 0.3) is 0 Å². The molecule has 0 aromatic heterocycles. The van der Waals surface area contributed by atoms with Gasteiger partial charge in [-0.1, -0.05) is 6.92 Å². The molecule has 3 heteroatoms. The van der Waals surface area contributed by atoms with Crippen LogP contribution in [-0.4, -0.2) is 22.7 Å². The second-order valence-corrected chi connectivity index (χ2v) is 5.84. The minimum absolute atomic E-state index is 0.365. The highest BCUT2D eigenvalue weighted by Gasteiger charge is 2.43. The van der Waals surface area contributed by atoms with Crippen LogP contribution in [-0.2, 0) is 4.79 Å². The van der Waals surface area contributed by atoms with Crippen LogP contribution < -0.4 is 5.32 Å². The third kappa shape index (κ3) is 2.40. The molecule has 0 radical (unpaired) electrons. The Balaban J connectivity index is 2.00. The molecule has 3 nitrogen and oxygen atoms in total. The van der Waals surface area contributed by atoms with Crippen molar-refractivity contribution in [3.8, 4) is 0 Å². The fourth-order valence-corrected chi connectivity index (χ4v) is 2.82. The molecule has 92 valence electrons. The molecule has 2 N–H and O–H groups in total. The Bertz CT molecular complexity index is 265. The van der Waals surface area contributed by atoms with Gasteiger partial charge in [0.05, 0.1) is 0 Å². The molecule has 1 atom stereocenters. The summed E-state index contributed by atoms with van der Waals surface area (Å²) in [4.78, 5) is 11.5. The third-order valence-corrected chi connectivity index (χ3v) is 4.37. The van der Waals surface area contributed by atoms with E-state index < -0.39 is 11.5 Å². The highest BCUT2D eigenvalue weighted by atomic mass is 16.4. The van der Waals surface area contributed by atoms with E-state index in [1.54, 1.807) is 0 Å². The molecule has 0 aromatic rings. The zero-order chi connectivity index (χ0) is 11.8. The maximum absolute atomic E-state index is 11.5. The van der Waals surface area contributed by atoms with Gasteiger partial charge in [-0.2, -0.15) is 0 Å². The summed E-state index contributed by atoms with van der Waals surface area (Å²) < 4.78 is 0. The first-order valence-electron chi connectivity index (χ1n) is 6.54. The van der Waals surface area contributed by atoms with Crippen molar-refractivity contribution < 1.29 is 9.90 Å². The normalized spacial score (nSPS) is 37.0. The van der Waals surface area contributed by atoms with E-state index in [1.807, 2.05) is 0 Å².